The van der Waals surface area contributed by atoms with E-state index >= 15 is 0 Å². The van der Waals surface area contributed by atoms with Gasteiger partial charge in [0.15, 0.2) is 5.01 Å². The Labute approximate surface area is 107 Å². The van der Waals surface area contributed by atoms with Gasteiger partial charge in [-0.15, -0.1) is 11.3 Å². The van der Waals surface area contributed by atoms with Crippen molar-refractivity contribution in [1.82, 2.24) is 4.98 Å². The highest BCUT2D eigenvalue weighted by Crippen LogP contribution is 2.36. The Bertz CT molecular complexity index is 526. The second kappa shape index (κ2) is 4.72. The van der Waals surface area contributed by atoms with Crippen LogP contribution in [0.2, 0.25) is 0 Å². The molecule has 0 amide bonds. The van der Waals surface area contributed by atoms with Crippen molar-refractivity contribution in [1.29, 1.82) is 0 Å². The van der Waals surface area contributed by atoms with Crippen LogP contribution < -0.4 is 0 Å². The molecule has 1 aromatic heterocycles. The van der Waals surface area contributed by atoms with Gasteiger partial charge in [-0.25, -0.2) is 4.98 Å². The second-order valence-electron chi connectivity index (χ2n) is 4.30. The van der Waals surface area contributed by atoms with E-state index in [1.165, 1.54) is 11.8 Å². The summed E-state index contributed by atoms with van der Waals surface area (Å²) in [4.78, 5) is 3.95. The maximum absolute atomic E-state index is 12.4. The van der Waals surface area contributed by atoms with Gasteiger partial charge in [-0.3, -0.25) is 0 Å². The summed E-state index contributed by atoms with van der Waals surface area (Å²) in [6.45, 7) is 4.15. The number of halogens is 3. The van der Waals surface area contributed by atoms with E-state index in [9.17, 15) is 13.2 Å². The van der Waals surface area contributed by atoms with Crippen molar-refractivity contribution in [2.24, 2.45) is 0 Å². The van der Waals surface area contributed by atoms with Crippen molar-refractivity contribution in [3.05, 3.63) is 41.0 Å². The first kappa shape index (κ1) is 13.1. The zero-order valence-electron chi connectivity index (χ0n) is 9.95. The molecule has 1 nitrogen and oxygen atoms in total. The lowest BCUT2D eigenvalue weighted by Crippen LogP contribution is -2.02. The van der Waals surface area contributed by atoms with Gasteiger partial charge < -0.3 is 0 Å². The number of nitrogens with zero attached hydrogens (tertiary/aromatic N) is 1. The third-order valence-electron chi connectivity index (χ3n) is 2.61. The van der Waals surface area contributed by atoms with Gasteiger partial charge in [0.1, 0.15) is 0 Å². The molecule has 2 rings (SSSR count). The minimum atomic E-state index is -4.36. The van der Waals surface area contributed by atoms with Crippen LogP contribution in [0.4, 0.5) is 13.2 Å². The van der Waals surface area contributed by atoms with Crippen molar-refractivity contribution >= 4 is 11.3 Å². The largest absolute Gasteiger partial charge is 0.443 e. The van der Waals surface area contributed by atoms with E-state index < -0.39 is 11.2 Å². The number of aromatic nitrogens is 1. The molecular weight excluding hydrogens is 259 g/mol. The maximum Gasteiger partial charge on any atom is 0.443 e. The third-order valence-corrected chi connectivity index (χ3v) is 3.70. The molecular formula is C13H12F3NS. The summed E-state index contributed by atoms with van der Waals surface area (Å²) in [7, 11) is 0. The molecule has 0 aliphatic rings. The number of alkyl halides is 3. The van der Waals surface area contributed by atoms with Crippen molar-refractivity contribution < 1.29 is 13.2 Å². The Morgan fingerprint density at radius 2 is 1.72 bits per heavy atom. The SMILES string of the molecule is CC(C)c1ccc(-c2cnc(C(F)(F)F)s2)cc1. The molecule has 0 radical (unpaired) electrons. The van der Waals surface area contributed by atoms with Crippen LogP contribution in [-0.4, -0.2) is 4.98 Å². The Balaban J connectivity index is 2.29. The maximum atomic E-state index is 12.4. The highest BCUT2D eigenvalue weighted by atomic mass is 32.1. The average Bonchev–Trinajstić information content (AvgIpc) is 2.78. The van der Waals surface area contributed by atoms with Crippen molar-refractivity contribution in [2.75, 3.05) is 0 Å². The summed E-state index contributed by atoms with van der Waals surface area (Å²) in [6.07, 6.45) is -3.08. The quantitative estimate of drug-likeness (QED) is 0.753. The second-order valence-corrected chi connectivity index (χ2v) is 5.33. The van der Waals surface area contributed by atoms with Crippen LogP contribution in [0, 0.1) is 0 Å². The van der Waals surface area contributed by atoms with Gasteiger partial charge in [0, 0.05) is 6.20 Å². The molecule has 0 saturated heterocycles. The van der Waals surface area contributed by atoms with E-state index in [1.54, 1.807) is 0 Å². The van der Waals surface area contributed by atoms with E-state index in [0.29, 0.717) is 22.1 Å². The van der Waals surface area contributed by atoms with Crippen LogP contribution in [0.15, 0.2) is 30.5 Å². The first-order valence-electron chi connectivity index (χ1n) is 5.51. The van der Waals surface area contributed by atoms with E-state index in [0.717, 1.165) is 5.56 Å². The molecule has 2 aromatic rings. The van der Waals surface area contributed by atoms with Crippen molar-refractivity contribution in [2.45, 2.75) is 25.9 Å². The summed E-state index contributed by atoms with van der Waals surface area (Å²) >= 11 is 0.671. The monoisotopic (exact) mass is 271 g/mol. The molecule has 0 aliphatic carbocycles. The highest BCUT2D eigenvalue weighted by Gasteiger charge is 2.34. The molecule has 0 fully saturated rings. The molecule has 0 unspecified atom stereocenters. The van der Waals surface area contributed by atoms with Gasteiger partial charge in [-0.05, 0) is 17.0 Å². The lowest BCUT2D eigenvalue weighted by atomic mass is 10.0. The van der Waals surface area contributed by atoms with Crippen LogP contribution in [0.3, 0.4) is 0 Å². The molecule has 0 spiro atoms. The smallest absolute Gasteiger partial charge is 0.240 e. The molecule has 1 heterocycles. The predicted octanol–water partition coefficient (Wildman–Crippen LogP) is 4.95. The van der Waals surface area contributed by atoms with Crippen LogP contribution >= 0.6 is 11.3 Å². The molecule has 1 aromatic carbocycles. The van der Waals surface area contributed by atoms with Gasteiger partial charge >= 0.3 is 6.18 Å². The summed E-state index contributed by atoms with van der Waals surface area (Å²) in [5, 5.41) is -0.801. The number of benzene rings is 1. The number of hydrogen-bond acceptors (Lipinski definition) is 2. The molecule has 0 aliphatic heterocycles. The van der Waals surface area contributed by atoms with Crippen LogP contribution in [0.5, 0.6) is 0 Å². The first-order valence-corrected chi connectivity index (χ1v) is 6.33. The molecule has 0 saturated carbocycles. The standard InChI is InChI=1S/C13H12F3NS/c1-8(2)9-3-5-10(6-4-9)11-7-17-12(18-11)13(14,15)16/h3-8H,1-2H3. The van der Waals surface area contributed by atoms with Crippen LogP contribution in [-0.2, 0) is 6.18 Å². The summed E-state index contributed by atoms with van der Waals surface area (Å²) in [5.41, 5.74) is 1.94. The fourth-order valence-electron chi connectivity index (χ4n) is 1.57. The highest BCUT2D eigenvalue weighted by molar-refractivity contribution is 7.15. The molecule has 5 heteroatoms. The van der Waals surface area contributed by atoms with E-state index in [4.69, 9.17) is 0 Å². The fraction of sp³-hybridized carbons (Fsp3) is 0.308. The Hall–Kier alpha value is -1.36. The van der Waals surface area contributed by atoms with Gasteiger partial charge in [-0.1, -0.05) is 38.1 Å². The molecule has 0 atom stereocenters. The minimum absolute atomic E-state index is 0.409. The number of hydrogen-bond donors (Lipinski definition) is 0. The lowest BCUT2D eigenvalue weighted by Gasteiger charge is -2.05. The predicted molar refractivity (Wildman–Crippen MR) is 66.6 cm³/mol. The Morgan fingerprint density at radius 3 is 2.17 bits per heavy atom. The van der Waals surface area contributed by atoms with Gasteiger partial charge in [-0.2, -0.15) is 13.2 Å². The molecule has 18 heavy (non-hydrogen) atoms. The Morgan fingerprint density at radius 1 is 1.11 bits per heavy atom. The zero-order chi connectivity index (χ0) is 13.3. The third kappa shape index (κ3) is 2.72. The summed E-state index contributed by atoms with van der Waals surface area (Å²) < 4.78 is 37.3. The van der Waals surface area contributed by atoms with E-state index in [1.807, 2.05) is 24.3 Å². The van der Waals surface area contributed by atoms with Crippen molar-refractivity contribution in [3.63, 3.8) is 0 Å². The van der Waals surface area contributed by atoms with Gasteiger partial charge in [0.05, 0.1) is 4.88 Å². The molecule has 0 bridgehead atoms. The van der Waals surface area contributed by atoms with Gasteiger partial charge in [0.2, 0.25) is 0 Å². The number of rotatable bonds is 2. The van der Waals surface area contributed by atoms with Crippen LogP contribution in [0.25, 0.3) is 10.4 Å². The summed E-state index contributed by atoms with van der Waals surface area (Å²) in [5.74, 6) is 0.409. The van der Waals surface area contributed by atoms with E-state index in [2.05, 4.69) is 18.8 Å². The molecule has 96 valence electrons. The Kier molecular flexibility index (Phi) is 3.43. The number of thiazole rings is 1. The van der Waals surface area contributed by atoms with Crippen LogP contribution in [0.1, 0.15) is 30.3 Å². The normalized spacial score (nSPS) is 12.1. The average molecular weight is 271 g/mol. The molecule has 0 N–H and O–H groups in total. The van der Waals surface area contributed by atoms with Gasteiger partial charge in [0.25, 0.3) is 0 Å². The summed E-state index contributed by atoms with van der Waals surface area (Å²) in [6, 6.07) is 7.55. The van der Waals surface area contributed by atoms with E-state index in [-0.39, 0.29) is 0 Å². The lowest BCUT2D eigenvalue weighted by molar-refractivity contribution is -0.137. The van der Waals surface area contributed by atoms with Crippen molar-refractivity contribution in [3.8, 4) is 10.4 Å². The first-order chi connectivity index (χ1) is 8.38. The fourth-order valence-corrected chi connectivity index (χ4v) is 2.36. The minimum Gasteiger partial charge on any atom is -0.240 e. The topological polar surface area (TPSA) is 12.9 Å². The zero-order valence-corrected chi connectivity index (χ0v) is 10.8.